The van der Waals surface area contributed by atoms with Crippen molar-refractivity contribution >= 4 is 17.2 Å². The summed E-state index contributed by atoms with van der Waals surface area (Å²) < 4.78 is 38.6. The van der Waals surface area contributed by atoms with Crippen LogP contribution in [0.15, 0.2) is 36.4 Å². The fourth-order valence-corrected chi connectivity index (χ4v) is 4.05. The number of hydrogen-bond acceptors (Lipinski definition) is 3. The first-order valence-corrected chi connectivity index (χ1v) is 9.02. The molecular weight excluding hydrogens is 339 g/mol. The summed E-state index contributed by atoms with van der Waals surface area (Å²) in [7, 11) is 0. The smallest absolute Gasteiger partial charge is 0.350 e. The van der Waals surface area contributed by atoms with E-state index in [9.17, 15) is 13.2 Å². The molecule has 138 valence electrons. The summed E-state index contributed by atoms with van der Waals surface area (Å²) in [4.78, 5) is 9.25. The highest BCUT2D eigenvalue weighted by molar-refractivity contribution is 5.77. The number of benzene rings is 1. The number of nitrogens with zero attached hydrogens (tertiary/aromatic N) is 3. The van der Waals surface area contributed by atoms with Crippen molar-refractivity contribution in [2.75, 3.05) is 22.9 Å². The summed E-state index contributed by atoms with van der Waals surface area (Å²) in [6.45, 7) is 5.99. The van der Waals surface area contributed by atoms with Gasteiger partial charge in [0, 0.05) is 30.5 Å². The van der Waals surface area contributed by atoms with Gasteiger partial charge in [0.05, 0.1) is 11.3 Å². The van der Waals surface area contributed by atoms with E-state index in [0.29, 0.717) is 12.0 Å². The maximum absolute atomic E-state index is 12.9. The lowest BCUT2D eigenvalue weighted by Crippen LogP contribution is -2.52. The van der Waals surface area contributed by atoms with E-state index in [0.717, 1.165) is 61.0 Å². The number of halogens is 3. The average Bonchev–Trinajstić information content (AvgIpc) is 2.60. The lowest BCUT2D eigenvalue weighted by Gasteiger charge is -2.47. The van der Waals surface area contributed by atoms with Crippen LogP contribution in [0.5, 0.6) is 0 Å². The largest absolute Gasteiger partial charge is 0.416 e. The van der Waals surface area contributed by atoms with Crippen molar-refractivity contribution < 1.29 is 13.2 Å². The Morgan fingerprint density at radius 3 is 2.50 bits per heavy atom. The number of rotatable bonds is 1. The maximum atomic E-state index is 12.9. The zero-order chi connectivity index (χ0) is 18.5. The highest BCUT2D eigenvalue weighted by Crippen LogP contribution is 2.42. The summed E-state index contributed by atoms with van der Waals surface area (Å²) in [5.41, 5.74) is 2.09. The van der Waals surface area contributed by atoms with E-state index in [-0.39, 0.29) is 0 Å². The van der Waals surface area contributed by atoms with Crippen LogP contribution < -0.4 is 9.80 Å². The second kappa shape index (κ2) is 6.18. The van der Waals surface area contributed by atoms with E-state index in [4.69, 9.17) is 4.98 Å². The molecule has 26 heavy (non-hydrogen) atoms. The molecule has 1 aromatic heterocycles. The Bertz CT molecular complexity index is 801. The predicted molar refractivity (Wildman–Crippen MR) is 97.0 cm³/mol. The van der Waals surface area contributed by atoms with Gasteiger partial charge in [0.2, 0.25) is 0 Å². The number of hydrogen-bond donors (Lipinski definition) is 0. The van der Waals surface area contributed by atoms with Crippen LogP contribution in [0.4, 0.5) is 30.4 Å². The van der Waals surface area contributed by atoms with E-state index in [1.165, 1.54) is 0 Å². The first-order valence-electron chi connectivity index (χ1n) is 9.02. The molecular formula is C20H22F3N3. The lowest BCUT2D eigenvalue weighted by atomic mass is 9.90. The number of alkyl halides is 3. The van der Waals surface area contributed by atoms with E-state index in [1.807, 2.05) is 19.1 Å². The Labute approximate surface area is 151 Å². The van der Waals surface area contributed by atoms with Gasteiger partial charge in [-0.3, -0.25) is 0 Å². The minimum Gasteiger partial charge on any atom is -0.350 e. The van der Waals surface area contributed by atoms with Gasteiger partial charge in [0.1, 0.15) is 0 Å². The second-order valence-corrected chi connectivity index (χ2v) is 7.43. The molecule has 2 unspecified atom stereocenters. The van der Waals surface area contributed by atoms with Crippen molar-refractivity contribution in [1.29, 1.82) is 0 Å². The van der Waals surface area contributed by atoms with Crippen molar-refractivity contribution in [2.45, 2.75) is 38.9 Å². The molecule has 2 aromatic rings. The second-order valence-electron chi connectivity index (χ2n) is 7.43. The number of pyridine rings is 1. The number of fused-ring (bicyclic) bond motifs is 3. The summed E-state index contributed by atoms with van der Waals surface area (Å²) in [5, 5.41) is 0. The van der Waals surface area contributed by atoms with Crippen molar-refractivity contribution in [3.63, 3.8) is 0 Å². The Morgan fingerprint density at radius 2 is 1.81 bits per heavy atom. The van der Waals surface area contributed by atoms with Crippen LogP contribution in [-0.4, -0.2) is 24.1 Å². The monoisotopic (exact) mass is 361 g/mol. The highest BCUT2D eigenvalue weighted by atomic mass is 19.4. The average molecular weight is 361 g/mol. The Kier molecular flexibility index (Phi) is 4.09. The zero-order valence-corrected chi connectivity index (χ0v) is 14.9. The Hall–Kier alpha value is -2.24. The van der Waals surface area contributed by atoms with Gasteiger partial charge in [-0.2, -0.15) is 13.2 Å². The van der Waals surface area contributed by atoms with Crippen LogP contribution in [0.3, 0.4) is 0 Å². The third kappa shape index (κ3) is 3.02. The lowest BCUT2D eigenvalue weighted by molar-refractivity contribution is -0.137. The quantitative estimate of drug-likeness (QED) is 0.699. The van der Waals surface area contributed by atoms with Crippen LogP contribution >= 0.6 is 0 Å². The molecule has 1 saturated heterocycles. The van der Waals surface area contributed by atoms with Gasteiger partial charge >= 0.3 is 6.18 Å². The van der Waals surface area contributed by atoms with E-state index in [1.54, 1.807) is 12.1 Å². The third-order valence-corrected chi connectivity index (χ3v) is 5.43. The van der Waals surface area contributed by atoms with E-state index in [2.05, 4.69) is 16.7 Å². The van der Waals surface area contributed by atoms with Crippen LogP contribution in [0.2, 0.25) is 0 Å². The van der Waals surface area contributed by atoms with Crippen molar-refractivity contribution in [3.05, 3.63) is 47.7 Å². The van der Waals surface area contributed by atoms with Gasteiger partial charge in [-0.05, 0) is 62.1 Å². The molecule has 2 atom stereocenters. The normalized spacial score (nSPS) is 22.8. The number of aromatic nitrogens is 1. The van der Waals surface area contributed by atoms with Gasteiger partial charge in [-0.25, -0.2) is 4.98 Å². The molecule has 3 nitrogen and oxygen atoms in total. The molecule has 6 heteroatoms. The molecule has 0 bridgehead atoms. The van der Waals surface area contributed by atoms with Crippen LogP contribution in [0, 0.1) is 12.8 Å². The van der Waals surface area contributed by atoms with Gasteiger partial charge in [0.15, 0.2) is 5.82 Å². The predicted octanol–water partition coefficient (Wildman–Crippen LogP) is 5.17. The highest BCUT2D eigenvalue weighted by Gasteiger charge is 2.36. The van der Waals surface area contributed by atoms with Gasteiger partial charge in [0.25, 0.3) is 0 Å². The third-order valence-electron chi connectivity index (χ3n) is 5.43. The molecule has 0 radical (unpaired) electrons. The fourth-order valence-electron chi connectivity index (χ4n) is 4.05. The molecule has 0 spiro atoms. The summed E-state index contributed by atoms with van der Waals surface area (Å²) in [6, 6.07) is 9.77. The summed E-state index contributed by atoms with van der Waals surface area (Å²) >= 11 is 0. The maximum Gasteiger partial charge on any atom is 0.416 e. The SMILES string of the molecule is Cc1ccc2c(n1)N1CCC(C)CC1CN2c1ccc(C(F)(F)F)cc1. The summed E-state index contributed by atoms with van der Waals surface area (Å²) in [5.74, 6) is 1.60. The van der Waals surface area contributed by atoms with E-state index < -0.39 is 11.7 Å². The van der Waals surface area contributed by atoms with Gasteiger partial charge in [-0.15, -0.1) is 0 Å². The topological polar surface area (TPSA) is 19.4 Å². The summed E-state index contributed by atoms with van der Waals surface area (Å²) in [6.07, 6.45) is -2.09. The molecule has 0 aliphatic carbocycles. The fraction of sp³-hybridized carbons (Fsp3) is 0.450. The van der Waals surface area contributed by atoms with Crippen LogP contribution in [0.1, 0.15) is 31.0 Å². The minimum atomic E-state index is -4.31. The molecule has 0 saturated carbocycles. The first-order chi connectivity index (χ1) is 12.3. The molecule has 0 N–H and O–H groups in total. The number of anilines is 3. The van der Waals surface area contributed by atoms with Crippen molar-refractivity contribution in [2.24, 2.45) is 5.92 Å². The molecule has 3 heterocycles. The van der Waals surface area contributed by atoms with Gasteiger partial charge in [-0.1, -0.05) is 6.92 Å². The molecule has 1 fully saturated rings. The minimum absolute atomic E-state index is 0.336. The zero-order valence-electron chi connectivity index (χ0n) is 14.9. The first kappa shape index (κ1) is 17.2. The standard InChI is InChI=1S/C20H22F3N3/c1-13-9-10-25-17(11-13)12-26(18-8-3-14(2)24-19(18)25)16-6-4-15(5-7-16)20(21,22)23/h3-8,13,17H,9-12H2,1-2H3. The van der Waals surface area contributed by atoms with E-state index >= 15 is 0 Å². The molecule has 2 aliphatic rings. The number of aryl methyl sites for hydroxylation is 1. The number of piperidine rings is 1. The Balaban J connectivity index is 1.74. The van der Waals surface area contributed by atoms with Gasteiger partial charge < -0.3 is 9.80 Å². The molecule has 4 rings (SSSR count). The van der Waals surface area contributed by atoms with Crippen molar-refractivity contribution in [1.82, 2.24) is 4.98 Å². The van der Waals surface area contributed by atoms with Crippen LogP contribution in [0.25, 0.3) is 0 Å². The molecule has 0 amide bonds. The van der Waals surface area contributed by atoms with Crippen LogP contribution in [-0.2, 0) is 6.18 Å². The molecule has 1 aromatic carbocycles. The molecule has 2 aliphatic heterocycles. The Morgan fingerprint density at radius 1 is 1.08 bits per heavy atom. The van der Waals surface area contributed by atoms with Crippen molar-refractivity contribution in [3.8, 4) is 0 Å².